The van der Waals surface area contributed by atoms with Crippen LogP contribution in [0.2, 0.25) is 5.02 Å². The van der Waals surface area contributed by atoms with Crippen LogP contribution < -0.4 is 0 Å². The number of nitrogens with zero attached hydrogens (tertiary/aromatic N) is 3. The number of aromatic nitrogens is 3. The van der Waals surface area contributed by atoms with Gasteiger partial charge < -0.3 is 4.74 Å². The Balaban J connectivity index is 2.15. The van der Waals surface area contributed by atoms with Crippen LogP contribution in [0.25, 0.3) is 11.4 Å². The molecule has 20 heavy (non-hydrogen) atoms. The van der Waals surface area contributed by atoms with E-state index in [2.05, 4.69) is 15.2 Å². The third kappa shape index (κ3) is 2.09. The van der Waals surface area contributed by atoms with Crippen LogP contribution in [0.15, 0.2) is 24.3 Å². The van der Waals surface area contributed by atoms with Crippen molar-refractivity contribution in [3.63, 3.8) is 0 Å². The van der Waals surface area contributed by atoms with Crippen molar-refractivity contribution in [3.05, 3.63) is 40.7 Å². The second-order valence-electron chi connectivity index (χ2n) is 5.97. The average Bonchev–Trinajstić information content (AvgIpc) is 2.55. The second kappa shape index (κ2) is 4.24. The Labute approximate surface area is 123 Å². The summed E-state index contributed by atoms with van der Waals surface area (Å²) < 4.78 is 6.03. The summed E-state index contributed by atoms with van der Waals surface area (Å²) in [5.41, 5.74) is 1.56. The summed E-state index contributed by atoms with van der Waals surface area (Å²) >= 11 is 6.01. The molecule has 0 amide bonds. The van der Waals surface area contributed by atoms with Crippen molar-refractivity contribution in [1.29, 1.82) is 0 Å². The van der Waals surface area contributed by atoms with Gasteiger partial charge in [0.25, 0.3) is 0 Å². The standard InChI is InChI=1S/C15H16ClN3O/c1-14(2)11-12(15(3,4)20-14)18-19-13(17-11)9-6-5-7-10(16)8-9/h5-8H,1-4H3. The highest BCUT2D eigenvalue weighted by molar-refractivity contribution is 6.30. The van der Waals surface area contributed by atoms with E-state index in [1.165, 1.54) is 0 Å². The van der Waals surface area contributed by atoms with E-state index >= 15 is 0 Å². The van der Waals surface area contributed by atoms with E-state index in [0.29, 0.717) is 10.8 Å². The lowest BCUT2D eigenvalue weighted by atomic mass is 10.0. The number of fused-ring (bicyclic) bond motifs is 1. The molecule has 2 heterocycles. The lowest BCUT2D eigenvalue weighted by Crippen LogP contribution is -2.23. The number of ether oxygens (including phenoxy) is 1. The van der Waals surface area contributed by atoms with E-state index in [1.807, 2.05) is 52.0 Å². The average molecular weight is 290 g/mol. The van der Waals surface area contributed by atoms with Gasteiger partial charge in [-0.3, -0.25) is 0 Å². The SMILES string of the molecule is CC1(C)OC(C)(C)c2nc(-c3cccc(Cl)c3)nnc21. The van der Waals surface area contributed by atoms with Crippen molar-refractivity contribution in [2.45, 2.75) is 38.9 Å². The Morgan fingerprint density at radius 3 is 2.40 bits per heavy atom. The Morgan fingerprint density at radius 1 is 1.00 bits per heavy atom. The Morgan fingerprint density at radius 2 is 1.70 bits per heavy atom. The predicted octanol–water partition coefficient (Wildman–Crippen LogP) is 3.69. The van der Waals surface area contributed by atoms with Crippen molar-refractivity contribution in [1.82, 2.24) is 15.2 Å². The van der Waals surface area contributed by atoms with Crippen molar-refractivity contribution in [3.8, 4) is 11.4 Å². The highest BCUT2D eigenvalue weighted by atomic mass is 35.5. The summed E-state index contributed by atoms with van der Waals surface area (Å²) in [4.78, 5) is 4.66. The van der Waals surface area contributed by atoms with E-state index in [9.17, 15) is 0 Å². The molecule has 0 saturated heterocycles. The van der Waals surface area contributed by atoms with Crippen LogP contribution in [0, 0.1) is 0 Å². The zero-order valence-electron chi connectivity index (χ0n) is 11.9. The molecule has 1 aromatic carbocycles. The lowest BCUT2D eigenvalue weighted by molar-refractivity contribution is -0.107. The monoisotopic (exact) mass is 289 g/mol. The van der Waals surface area contributed by atoms with E-state index in [4.69, 9.17) is 16.3 Å². The van der Waals surface area contributed by atoms with Gasteiger partial charge in [-0.25, -0.2) is 4.98 Å². The Bertz CT molecular complexity index is 683. The maximum Gasteiger partial charge on any atom is 0.182 e. The molecule has 0 radical (unpaired) electrons. The van der Waals surface area contributed by atoms with Gasteiger partial charge in [0.2, 0.25) is 0 Å². The molecule has 0 atom stereocenters. The zero-order valence-corrected chi connectivity index (χ0v) is 12.7. The number of hydrogen-bond acceptors (Lipinski definition) is 4. The zero-order chi connectivity index (χ0) is 14.5. The molecular weight excluding hydrogens is 274 g/mol. The van der Waals surface area contributed by atoms with Crippen LogP contribution in [0.1, 0.15) is 39.1 Å². The van der Waals surface area contributed by atoms with Crippen LogP contribution in [-0.2, 0) is 15.9 Å². The van der Waals surface area contributed by atoms with E-state index in [-0.39, 0.29) is 0 Å². The van der Waals surface area contributed by atoms with Crippen molar-refractivity contribution >= 4 is 11.6 Å². The van der Waals surface area contributed by atoms with Gasteiger partial charge in [0, 0.05) is 10.6 Å². The fourth-order valence-corrected chi connectivity index (χ4v) is 2.83. The Hall–Kier alpha value is -1.52. The van der Waals surface area contributed by atoms with Gasteiger partial charge in [0.05, 0.1) is 0 Å². The van der Waals surface area contributed by atoms with Gasteiger partial charge in [0.1, 0.15) is 22.6 Å². The molecular formula is C15H16ClN3O. The summed E-state index contributed by atoms with van der Waals surface area (Å²) in [6, 6.07) is 7.45. The first-order valence-electron chi connectivity index (χ1n) is 6.51. The van der Waals surface area contributed by atoms with E-state index < -0.39 is 11.2 Å². The molecule has 5 heteroatoms. The van der Waals surface area contributed by atoms with Crippen molar-refractivity contribution in [2.75, 3.05) is 0 Å². The topological polar surface area (TPSA) is 47.9 Å². The fourth-order valence-electron chi connectivity index (χ4n) is 2.64. The maximum absolute atomic E-state index is 6.03. The van der Waals surface area contributed by atoms with Crippen LogP contribution in [0.3, 0.4) is 0 Å². The summed E-state index contributed by atoms with van der Waals surface area (Å²) in [5.74, 6) is 0.570. The van der Waals surface area contributed by atoms with Gasteiger partial charge in [0.15, 0.2) is 5.82 Å². The second-order valence-corrected chi connectivity index (χ2v) is 6.40. The molecule has 104 valence electrons. The van der Waals surface area contributed by atoms with Crippen molar-refractivity contribution in [2.24, 2.45) is 0 Å². The molecule has 1 aromatic heterocycles. The minimum Gasteiger partial charge on any atom is -0.357 e. The summed E-state index contributed by atoms with van der Waals surface area (Å²) in [6.45, 7) is 7.96. The van der Waals surface area contributed by atoms with Gasteiger partial charge >= 0.3 is 0 Å². The molecule has 1 aliphatic heterocycles. The van der Waals surface area contributed by atoms with Gasteiger partial charge in [-0.1, -0.05) is 23.7 Å². The van der Waals surface area contributed by atoms with Gasteiger partial charge in [-0.05, 0) is 39.8 Å². The third-order valence-corrected chi connectivity index (χ3v) is 3.66. The minimum atomic E-state index is -0.470. The first-order chi connectivity index (χ1) is 9.29. The fraction of sp³-hybridized carbons (Fsp3) is 0.400. The van der Waals surface area contributed by atoms with Crippen LogP contribution in [0.4, 0.5) is 0 Å². The summed E-state index contributed by atoms with van der Waals surface area (Å²) in [6.07, 6.45) is 0. The third-order valence-electron chi connectivity index (χ3n) is 3.42. The largest absolute Gasteiger partial charge is 0.357 e. The number of rotatable bonds is 1. The molecule has 0 aliphatic carbocycles. The van der Waals surface area contributed by atoms with E-state index in [1.54, 1.807) is 0 Å². The molecule has 1 aliphatic rings. The first-order valence-corrected chi connectivity index (χ1v) is 6.89. The number of benzene rings is 1. The molecule has 4 nitrogen and oxygen atoms in total. The Kier molecular flexibility index (Phi) is 2.85. The maximum atomic E-state index is 6.03. The normalized spacial score (nSPS) is 18.9. The number of halogens is 1. The molecule has 0 N–H and O–H groups in total. The molecule has 0 saturated carbocycles. The molecule has 0 bridgehead atoms. The van der Waals surface area contributed by atoms with Crippen molar-refractivity contribution < 1.29 is 4.74 Å². The first kappa shape index (κ1) is 13.5. The molecule has 0 spiro atoms. The molecule has 0 unspecified atom stereocenters. The predicted molar refractivity (Wildman–Crippen MR) is 77.4 cm³/mol. The molecule has 0 fully saturated rings. The summed E-state index contributed by atoms with van der Waals surface area (Å²) in [5, 5.41) is 9.21. The lowest BCUT2D eigenvalue weighted by Gasteiger charge is -2.23. The van der Waals surface area contributed by atoms with Gasteiger partial charge in [-0.2, -0.15) is 0 Å². The summed E-state index contributed by atoms with van der Waals surface area (Å²) in [7, 11) is 0. The van der Waals surface area contributed by atoms with Crippen LogP contribution in [0.5, 0.6) is 0 Å². The smallest absolute Gasteiger partial charge is 0.182 e. The molecule has 2 aromatic rings. The highest BCUT2D eigenvalue weighted by Gasteiger charge is 2.46. The highest BCUT2D eigenvalue weighted by Crippen LogP contribution is 2.44. The number of hydrogen-bond donors (Lipinski definition) is 0. The van der Waals surface area contributed by atoms with E-state index in [0.717, 1.165) is 17.0 Å². The van der Waals surface area contributed by atoms with Gasteiger partial charge in [-0.15, -0.1) is 10.2 Å². The van der Waals surface area contributed by atoms with Crippen LogP contribution in [-0.4, -0.2) is 15.2 Å². The van der Waals surface area contributed by atoms with Crippen LogP contribution >= 0.6 is 11.6 Å². The quantitative estimate of drug-likeness (QED) is 0.803. The minimum absolute atomic E-state index is 0.467. The molecule has 3 rings (SSSR count).